The lowest BCUT2D eigenvalue weighted by atomic mass is 10.3. The van der Waals surface area contributed by atoms with E-state index >= 15 is 0 Å². The highest BCUT2D eigenvalue weighted by molar-refractivity contribution is 7.10. The zero-order valence-corrected chi connectivity index (χ0v) is 16.5. The van der Waals surface area contributed by atoms with Gasteiger partial charge in [0.25, 0.3) is 0 Å². The third-order valence-corrected chi connectivity index (χ3v) is 5.77. The molecule has 0 unspecified atom stereocenters. The molecule has 0 N–H and O–H groups in total. The van der Waals surface area contributed by atoms with Gasteiger partial charge in [-0.2, -0.15) is 5.26 Å². The fourth-order valence-electron chi connectivity index (χ4n) is 2.77. The van der Waals surface area contributed by atoms with E-state index < -0.39 is 0 Å². The second-order valence-electron chi connectivity index (χ2n) is 6.11. The Labute approximate surface area is 167 Å². The van der Waals surface area contributed by atoms with Crippen LogP contribution in [0.15, 0.2) is 57.8 Å². The van der Waals surface area contributed by atoms with E-state index in [4.69, 9.17) is 9.68 Å². The molecule has 1 amide bonds. The van der Waals surface area contributed by atoms with Crippen LogP contribution in [0.25, 0.3) is 0 Å². The molecule has 0 saturated carbocycles. The number of nitriles is 1. The Balaban J connectivity index is 1.68. The van der Waals surface area contributed by atoms with Crippen LogP contribution in [0, 0.1) is 11.3 Å². The van der Waals surface area contributed by atoms with Crippen molar-refractivity contribution >= 4 is 28.6 Å². The Kier molecular flexibility index (Phi) is 7.22. The maximum atomic E-state index is 13.0. The van der Waals surface area contributed by atoms with Gasteiger partial charge in [0.1, 0.15) is 5.76 Å². The number of nitrogens with zero attached hydrogens (tertiary/aromatic N) is 3. The van der Waals surface area contributed by atoms with Gasteiger partial charge in [0.2, 0.25) is 5.91 Å². The summed E-state index contributed by atoms with van der Waals surface area (Å²) < 4.78 is 5.38. The summed E-state index contributed by atoms with van der Waals surface area (Å²) in [5, 5.41) is 13.0. The summed E-state index contributed by atoms with van der Waals surface area (Å²) in [6.45, 7) is 2.56. The van der Waals surface area contributed by atoms with Crippen molar-refractivity contribution in [1.29, 1.82) is 5.26 Å². The van der Waals surface area contributed by atoms with E-state index in [9.17, 15) is 4.79 Å². The summed E-state index contributed by atoms with van der Waals surface area (Å²) in [5.74, 6) is 0.735. The van der Waals surface area contributed by atoms with E-state index in [2.05, 4.69) is 33.9 Å². The summed E-state index contributed by atoms with van der Waals surface area (Å²) in [6, 6.07) is 14.0. The van der Waals surface area contributed by atoms with Crippen LogP contribution in [0.1, 0.15) is 21.9 Å². The number of hydrogen-bond donors (Lipinski definition) is 0. The highest BCUT2D eigenvalue weighted by Gasteiger charge is 2.19. The number of rotatable bonds is 10. The normalized spacial score (nSPS) is 10.8. The van der Waals surface area contributed by atoms with Crippen LogP contribution in [0.4, 0.5) is 0 Å². The number of furan rings is 1. The van der Waals surface area contributed by atoms with Crippen LogP contribution in [0.3, 0.4) is 0 Å². The quantitative estimate of drug-likeness (QED) is 0.509. The van der Waals surface area contributed by atoms with Gasteiger partial charge in [0, 0.05) is 29.4 Å². The molecule has 0 aliphatic rings. The molecule has 0 atom stereocenters. The first-order valence-corrected chi connectivity index (χ1v) is 10.4. The van der Waals surface area contributed by atoms with Gasteiger partial charge in [-0.15, -0.1) is 22.7 Å². The Hall–Kier alpha value is -2.40. The van der Waals surface area contributed by atoms with E-state index in [1.807, 2.05) is 24.3 Å². The molecule has 5 nitrogen and oxygen atoms in total. The molecule has 140 valence electrons. The average molecular weight is 400 g/mol. The van der Waals surface area contributed by atoms with Gasteiger partial charge in [-0.25, -0.2) is 0 Å². The molecule has 0 aliphatic heterocycles. The molecule has 0 radical (unpaired) electrons. The summed E-state index contributed by atoms with van der Waals surface area (Å²) in [6.07, 6.45) is 1.91. The van der Waals surface area contributed by atoms with Crippen molar-refractivity contribution in [1.82, 2.24) is 9.80 Å². The van der Waals surface area contributed by atoms with Crippen molar-refractivity contribution in [3.63, 3.8) is 0 Å². The van der Waals surface area contributed by atoms with Gasteiger partial charge in [0.05, 0.1) is 31.8 Å². The van der Waals surface area contributed by atoms with E-state index in [0.717, 1.165) is 18.8 Å². The molecule has 7 heteroatoms. The van der Waals surface area contributed by atoms with Gasteiger partial charge in [-0.3, -0.25) is 9.69 Å². The Morgan fingerprint density at radius 1 is 1.04 bits per heavy atom. The van der Waals surface area contributed by atoms with E-state index in [0.29, 0.717) is 26.1 Å². The van der Waals surface area contributed by atoms with E-state index in [1.54, 1.807) is 33.8 Å². The lowest BCUT2D eigenvalue weighted by molar-refractivity contribution is -0.133. The Morgan fingerprint density at radius 2 is 1.74 bits per heavy atom. The molecule has 0 bridgehead atoms. The van der Waals surface area contributed by atoms with Crippen molar-refractivity contribution < 1.29 is 9.21 Å². The number of carbonyl (C=O) groups is 1. The second kappa shape index (κ2) is 10.1. The molecule has 0 spiro atoms. The largest absolute Gasteiger partial charge is 0.467 e. The van der Waals surface area contributed by atoms with Crippen molar-refractivity contribution in [3.05, 3.63) is 68.9 Å². The van der Waals surface area contributed by atoms with Crippen LogP contribution in [-0.4, -0.2) is 28.8 Å². The minimum absolute atomic E-state index is 0.00904. The van der Waals surface area contributed by atoms with Gasteiger partial charge in [0.15, 0.2) is 0 Å². The molecule has 3 aromatic rings. The fraction of sp³-hybridized carbons (Fsp3) is 0.300. The van der Waals surface area contributed by atoms with E-state index in [1.165, 1.54) is 9.75 Å². The first kappa shape index (κ1) is 19.4. The zero-order valence-electron chi connectivity index (χ0n) is 14.9. The summed E-state index contributed by atoms with van der Waals surface area (Å²) in [5.41, 5.74) is 0. The zero-order chi connectivity index (χ0) is 18.9. The maximum absolute atomic E-state index is 13.0. The number of thiophene rings is 2. The summed E-state index contributed by atoms with van der Waals surface area (Å²) >= 11 is 3.39. The smallest absolute Gasteiger partial charge is 0.237 e. The summed E-state index contributed by atoms with van der Waals surface area (Å²) in [4.78, 5) is 19.3. The molecular weight excluding hydrogens is 378 g/mol. The average Bonchev–Trinajstić information content (AvgIpc) is 3.42. The van der Waals surface area contributed by atoms with Crippen LogP contribution in [-0.2, 0) is 24.4 Å². The standard InChI is InChI=1S/C20H21N3O2S2/c21-8-4-9-23(13-17-5-1-10-25-17)20(24)16-22(14-18-6-2-11-26-18)15-19-7-3-12-27-19/h1-3,5-7,10-12H,4,9,13-16H2. The molecule has 0 aromatic carbocycles. The topological polar surface area (TPSA) is 60.5 Å². The minimum Gasteiger partial charge on any atom is -0.467 e. The molecule has 0 saturated heterocycles. The van der Waals surface area contributed by atoms with Crippen molar-refractivity contribution in [3.8, 4) is 6.07 Å². The molecular formula is C20H21N3O2S2. The minimum atomic E-state index is 0.00904. The fourth-order valence-corrected chi connectivity index (χ4v) is 4.26. The first-order valence-electron chi connectivity index (χ1n) is 8.69. The molecule has 3 aromatic heterocycles. The third kappa shape index (κ3) is 6.07. The van der Waals surface area contributed by atoms with Gasteiger partial charge in [-0.05, 0) is 35.0 Å². The Morgan fingerprint density at radius 3 is 2.26 bits per heavy atom. The predicted octanol–water partition coefficient (Wildman–Crippen LogP) is 4.35. The van der Waals surface area contributed by atoms with Crippen molar-refractivity contribution in [2.75, 3.05) is 13.1 Å². The number of amides is 1. The lowest BCUT2D eigenvalue weighted by Crippen LogP contribution is -2.39. The maximum Gasteiger partial charge on any atom is 0.237 e. The van der Waals surface area contributed by atoms with Crippen LogP contribution in [0.5, 0.6) is 0 Å². The number of hydrogen-bond acceptors (Lipinski definition) is 6. The monoisotopic (exact) mass is 399 g/mol. The summed E-state index contributed by atoms with van der Waals surface area (Å²) in [7, 11) is 0. The second-order valence-corrected chi connectivity index (χ2v) is 8.17. The molecule has 3 heterocycles. The molecule has 0 aliphatic carbocycles. The highest BCUT2D eigenvalue weighted by atomic mass is 32.1. The SMILES string of the molecule is N#CCCN(Cc1ccco1)C(=O)CN(Cc1cccs1)Cc1cccs1. The van der Waals surface area contributed by atoms with E-state index in [-0.39, 0.29) is 5.91 Å². The lowest BCUT2D eigenvalue weighted by Gasteiger charge is -2.26. The Bertz CT molecular complexity index is 800. The van der Waals surface area contributed by atoms with Gasteiger partial charge >= 0.3 is 0 Å². The van der Waals surface area contributed by atoms with Crippen molar-refractivity contribution in [2.24, 2.45) is 0 Å². The van der Waals surface area contributed by atoms with Gasteiger partial charge < -0.3 is 9.32 Å². The van der Waals surface area contributed by atoms with Crippen LogP contribution < -0.4 is 0 Å². The highest BCUT2D eigenvalue weighted by Crippen LogP contribution is 2.18. The van der Waals surface area contributed by atoms with Crippen LogP contribution in [0.2, 0.25) is 0 Å². The third-order valence-electron chi connectivity index (χ3n) is 4.05. The number of carbonyl (C=O) groups excluding carboxylic acids is 1. The van der Waals surface area contributed by atoms with Crippen molar-refractivity contribution in [2.45, 2.75) is 26.1 Å². The molecule has 27 heavy (non-hydrogen) atoms. The molecule has 3 rings (SSSR count). The predicted molar refractivity (Wildman–Crippen MR) is 107 cm³/mol. The molecule has 0 fully saturated rings. The van der Waals surface area contributed by atoms with Crippen LogP contribution >= 0.6 is 22.7 Å². The van der Waals surface area contributed by atoms with Gasteiger partial charge in [-0.1, -0.05) is 12.1 Å². The first-order chi connectivity index (χ1) is 13.2.